The second kappa shape index (κ2) is 5.91. The summed E-state index contributed by atoms with van der Waals surface area (Å²) in [7, 11) is 3.32. The number of pyridine rings is 1. The number of nitrogens with one attached hydrogen (secondary N) is 1. The molecule has 0 atom stereocenters. The van der Waals surface area contributed by atoms with Gasteiger partial charge < -0.3 is 10.2 Å². The number of hydrogen-bond acceptors (Lipinski definition) is 3. The number of carbonyl (C=O) groups excluding carboxylic acids is 1. The Morgan fingerprint density at radius 1 is 1.29 bits per heavy atom. The zero-order valence-corrected chi connectivity index (χ0v) is 12.6. The zero-order chi connectivity index (χ0) is 15.6. The highest BCUT2D eigenvalue weighted by molar-refractivity contribution is 6.09. The van der Waals surface area contributed by atoms with Crippen LogP contribution < -0.4 is 10.2 Å². The third-order valence-electron chi connectivity index (χ3n) is 3.34. The van der Waals surface area contributed by atoms with Crippen LogP contribution in [0.5, 0.6) is 0 Å². The van der Waals surface area contributed by atoms with Gasteiger partial charge in [0.05, 0.1) is 11.8 Å². The van der Waals surface area contributed by atoms with Crippen molar-refractivity contribution in [1.82, 2.24) is 4.98 Å². The Balaban J connectivity index is 2.41. The molecule has 2 aromatic rings. The van der Waals surface area contributed by atoms with Crippen LogP contribution in [0.1, 0.15) is 21.5 Å². The Morgan fingerprint density at radius 2 is 2.00 bits per heavy atom. The number of aryl methyl sites for hydroxylation is 2. The fourth-order valence-electron chi connectivity index (χ4n) is 2.27. The van der Waals surface area contributed by atoms with Crippen molar-refractivity contribution in [3.05, 3.63) is 53.0 Å². The summed E-state index contributed by atoms with van der Waals surface area (Å²) in [5.41, 5.74) is 3.11. The molecule has 1 N–H and O–H groups in total. The number of rotatable bonds is 3. The van der Waals surface area contributed by atoms with Gasteiger partial charge in [0.1, 0.15) is 11.6 Å². The lowest BCUT2D eigenvalue weighted by molar-refractivity contribution is 0.0993. The molecule has 0 aliphatic carbocycles. The molecular weight excluding hydrogens is 269 g/mol. The predicted octanol–water partition coefficient (Wildman–Crippen LogP) is 3.16. The Labute approximate surface area is 123 Å². The summed E-state index contributed by atoms with van der Waals surface area (Å²) in [6, 6.07) is 7.02. The van der Waals surface area contributed by atoms with Gasteiger partial charge in [-0.15, -0.1) is 0 Å². The van der Waals surface area contributed by atoms with Crippen molar-refractivity contribution in [1.29, 1.82) is 0 Å². The van der Waals surface area contributed by atoms with Crippen LogP contribution in [0.15, 0.2) is 30.5 Å². The smallest absolute Gasteiger partial charge is 0.261 e. The van der Waals surface area contributed by atoms with Crippen molar-refractivity contribution in [2.45, 2.75) is 13.8 Å². The number of anilines is 2. The van der Waals surface area contributed by atoms with Gasteiger partial charge in [-0.05, 0) is 31.5 Å². The molecule has 0 aliphatic heterocycles. The van der Waals surface area contributed by atoms with Gasteiger partial charge in [0.2, 0.25) is 0 Å². The quantitative estimate of drug-likeness (QED) is 0.943. The predicted molar refractivity (Wildman–Crippen MR) is 82.4 cm³/mol. The van der Waals surface area contributed by atoms with Gasteiger partial charge >= 0.3 is 0 Å². The lowest BCUT2D eigenvalue weighted by Gasteiger charge is -2.21. The summed E-state index contributed by atoms with van der Waals surface area (Å²) in [5, 5.41) is 2.81. The normalized spacial score (nSPS) is 10.3. The van der Waals surface area contributed by atoms with E-state index in [4.69, 9.17) is 0 Å². The van der Waals surface area contributed by atoms with Crippen molar-refractivity contribution in [3.63, 3.8) is 0 Å². The lowest BCUT2D eigenvalue weighted by atomic mass is 10.1. The first-order chi connectivity index (χ1) is 9.93. The summed E-state index contributed by atoms with van der Waals surface area (Å²) in [6.07, 6.45) is 1.08. The number of benzene rings is 1. The van der Waals surface area contributed by atoms with Gasteiger partial charge in [0.25, 0.3) is 5.91 Å². The minimum absolute atomic E-state index is 0.208. The molecule has 1 aromatic carbocycles. The maximum atomic E-state index is 13.4. The number of amides is 1. The molecule has 1 amide bonds. The second-order valence-corrected chi connectivity index (χ2v) is 4.95. The maximum Gasteiger partial charge on any atom is 0.261 e. The minimum Gasteiger partial charge on any atom is -0.372 e. The van der Waals surface area contributed by atoms with Crippen LogP contribution >= 0.6 is 0 Å². The largest absolute Gasteiger partial charge is 0.372 e. The molecule has 110 valence electrons. The molecule has 0 fully saturated rings. The van der Waals surface area contributed by atoms with Gasteiger partial charge in [0.15, 0.2) is 0 Å². The SMILES string of the molecule is CNc1ncc(F)cc1C(=O)N(C)c1ccc(C)cc1C. The first-order valence-electron chi connectivity index (χ1n) is 6.62. The van der Waals surface area contributed by atoms with E-state index in [1.54, 1.807) is 14.1 Å². The van der Waals surface area contributed by atoms with Crippen molar-refractivity contribution in [2.75, 3.05) is 24.3 Å². The Morgan fingerprint density at radius 3 is 2.62 bits per heavy atom. The number of aromatic nitrogens is 1. The van der Waals surface area contributed by atoms with Crippen LogP contribution in [-0.2, 0) is 0 Å². The second-order valence-electron chi connectivity index (χ2n) is 4.95. The van der Waals surface area contributed by atoms with E-state index >= 15 is 0 Å². The topological polar surface area (TPSA) is 45.2 Å². The molecule has 0 spiro atoms. The lowest BCUT2D eigenvalue weighted by Crippen LogP contribution is -2.28. The van der Waals surface area contributed by atoms with E-state index in [-0.39, 0.29) is 11.5 Å². The fourth-order valence-corrected chi connectivity index (χ4v) is 2.27. The molecule has 0 saturated heterocycles. The fraction of sp³-hybridized carbons (Fsp3) is 0.250. The van der Waals surface area contributed by atoms with Crippen LogP contribution in [0.2, 0.25) is 0 Å². The van der Waals surface area contributed by atoms with Gasteiger partial charge in [-0.25, -0.2) is 9.37 Å². The summed E-state index contributed by atoms with van der Waals surface area (Å²) in [5.74, 6) is -0.484. The Hall–Kier alpha value is -2.43. The van der Waals surface area contributed by atoms with Crippen LogP contribution in [0.4, 0.5) is 15.9 Å². The van der Waals surface area contributed by atoms with Crippen molar-refractivity contribution >= 4 is 17.4 Å². The Kier molecular flexibility index (Phi) is 4.21. The first-order valence-corrected chi connectivity index (χ1v) is 6.62. The van der Waals surface area contributed by atoms with Gasteiger partial charge in [-0.1, -0.05) is 17.7 Å². The number of carbonyl (C=O) groups is 1. The third kappa shape index (κ3) is 3.02. The standard InChI is InChI=1S/C16H18FN3O/c1-10-5-6-14(11(2)7-10)20(4)16(21)13-8-12(17)9-19-15(13)18-3/h5-9H,1-4H3,(H,18,19). The highest BCUT2D eigenvalue weighted by Gasteiger charge is 2.19. The molecule has 2 rings (SSSR count). The Bertz CT molecular complexity index is 685. The molecule has 4 nitrogen and oxygen atoms in total. The number of nitrogens with zero attached hydrogens (tertiary/aromatic N) is 2. The van der Waals surface area contributed by atoms with Crippen LogP contribution in [0.3, 0.4) is 0 Å². The molecule has 1 aromatic heterocycles. The first kappa shape index (κ1) is 15.0. The van der Waals surface area contributed by atoms with Crippen molar-refractivity contribution in [3.8, 4) is 0 Å². The summed E-state index contributed by atoms with van der Waals surface area (Å²) < 4.78 is 13.4. The average molecular weight is 287 g/mol. The monoisotopic (exact) mass is 287 g/mol. The van der Waals surface area contributed by atoms with Gasteiger partial charge in [-0.2, -0.15) is 0 Å². The molecule has 1 heterocycles. The van der Waals surface area contributed by atoms with Crippen LogP contribution in [0.25, 0.3) is 0 Å². The summed E-state index contributed by atoms with van der Waals surface area (Å²) in [6.45, 7) is 3.93. The zero-order valence-electron chi connectivity index (χ0n) is 12.6. The highest BCUT2D eigenvalue weighted by Crippen LogP contribution is 2.23. The van der Waals surface area contributed by atoms with E-state index in [0.717, 1.165) is 23.0 Å². The van der Waals surface area contributed by atoms with E-state index in [1.807, 2.05) is 32.0 Å². The maximum absolute atomic E-state index is 13.4. The molecule has 0 unspecified atom stereocenters. The van der Waals surface area contributed by atoms with E-state index in [2.05, 4.69) is 10.3 Å². The summed E-state index contributed by atoms with van der Waals surface area (Å²) >= 11 is 0. The molecule has 21 heavy (non-hydrogen) atoms. The van der Waals surface area contributed by atoms with Crippen LogP contribution in [0, 0.1) is 19.7 Å². The molecule has 0 bridgehead atoms. The van der Waals surface area contributed by atoms with E-state index < -0.39 is 5.82 Å². The van der Waals surface area contributed by atoms with Crippen molar-refractivity contribution in [2.24, 2.45) is 0 Å². The van der Waals surface area contributed by atoms with Crippen molar-refractivity contribution < 1.29 is 9.18 Å². The van der Waals surface area contributed by atoms with E-state index in [9.17, 15) is 9.18 Å². The number of hydrogen-bond donors (Lipinski definition) is 1. The summed E-state index contributed by atoms with van der Waals surface area (Å²) in [4.78, 5) is 18.0. The minimum atomic E-state index is -0.536. The van der Waals surface area contributed by atoms with Gasteiger partial charge in [0, 0.05) is 19.8 Å². The van der Waals surface area contributed by atoms with E-state index in [0.29, 0.717) is 5.82 Å². The van der Waals surface area contributed by atoms with Gasteiger partial charge in [-0.3, -0.25) is 4.79 Å². The molecule has 0 aliphatic rings. The average Bonchev–Trinajstić information content (AvgIpc) is 2.45. The molecule has 0 saturated carbocycles. The third-order valence-corrected chi connectivity index (χ3v) is 3.34. The molecule has 5 heteroatoms. The number of halogens is 1. The molecule has 0 radical (unpaired) electrons. The molecular formula is C16H18FN3O. The van der Waals surface area contributed by atoms with E-state index in [1.165, 1.54) is 11.0 Å². The van der Waals surface area contributed by atoms with Crippen LogP contribution in [-0.4, -0.2) is 25.0 Å². The highest BCUT2D eigenvalue weighted by atomic mass is 19.1.